The summed E-state index contributed by atoms with van der Waals surface area (Å²) < 4.78 is 0. The number of benzene rings is 1. The molecule has 2 aromatic heterocycles. The van der Waals surface area contributed by atoms with Crippen LogP contribution in [0.15, 0.2) is 78.8 Å². The normalized spacial score (nSPS) is 16.0. The zero-order valence-electron chi connectivity index (χ0n) is 17.8. The van der Waals surface area contributed by atoms with Crippen LogP contribution in [0.2, 0.25) is 0 Å². The van der Waals surface area contributed by atoms with Gasteiger partial charge in [0.05, 0.1) is 11.1 Å². The van der Waals surface area contributed by atoms with Crippen LogP contribution in [0, 0.1) is 5.41 Å². The van der Waals surface area contributed by atoms with Crippen molar-refractivity contribution in [2.45, 2.75) is 25.8 Å². The molecular formula is C26H29N3OS. The number of hydrogen-bond donors (Lipinski definition) is 1. The number of thiophene rings is 1. The molecule has 0 unspecified atom stereocenters. The molecule has 1 N–H and O–H groups in total. The van der Waals surface area contributed by atoms with E-state index >= 15 is 0 Å². The van der Waals surface area contributed by atoms with E-state index in [1.54, 1.807) is 17.4 Å². The van der Waals surface area contributed by atoms with Gasteiger partial charge < -0.3 is 5.32 Å². The first-order valence-corrected chi connectivity index (χ1v) is 11.7. The molecule has 1 aliphatic heterocycles. The van der Waals surface area contributed by atoms with Crippen molar-refractivity contribution in [2.24, 2.45) is 5.41 Å². The number of nitrogens with one attached hydrogen (secondary N) is 1. The van der Waals surface area contributed by atoms with Gasteiger partial charge in [-0.1, -0.05) is 42.5 Å². The van der Waals surface area contributed by atoms with Gasteiger partial charge in [-0.15, -0.1) is 17.9 Å². The van der Waals surface area contributed by atoms with E-state index in [2.05, 4.69) is 69.6 Å². The summed E-state index contributed by atoms with van der Waals surface area (Å²) in [6.45, 7) is 6.88. The Bertz CT molecular complexity index is 993. The molecule has 4 nitrogen and oxygen atoms in total. The van der Waals surface area contributed by atoms with Gasteiger partial charge in [-0.05, 0) is 67.1 Å². The fourth-order valence-electron chi connectivity index (χ4n) is 4.36. The van der Waals surface area contributed by atoms with E-state index in [0.717, 1.165) is 44.6 Å². The van der Waals surface area contributed by atoms with Crippen LogP contribution in [0.5, 0.6) is 0 Å². The maximum atomic E-state index is 13.3. The predicted octanol–water partition coefficient (Wildman–Crippen LogP) is 4.94. The van der Waals surface area contributed by atoms with E-state index in [0.29, 0.717) is 6.54 Å². The molecule has 0 bridgehead atoms. The number of nitrogens with zero attached hydrogens (tertiary/aromatic N) is 2. The van der Waals surface area contributed by atoms with Crippen molar-refractivity contribution in [1.82, 2.24) is 15.2 Å². The van der Waals surface area contributed by atoms with Gasteiger partial charge in [-0.2, -0.15) is 0 Å². The molecule has 3 aromatic rings. The van der Waals surface area contributed by atoms with Crippen LogP contribution < -0.4 is 5.32 Å². The summed E-state index contributed by atoms with van der Waals surface area (Å²) in [5.74, 6) is 0.145. The molecule has 1 aliphatic rings. The average Bonchev–Trinajstić information content (AvgIpc) is 3.35. The molecule has 1 fully saturated rings. The van der Waals surface area contributed by atoms with E-state index in [4.69, 9.17) is 0 Å². The minimum absolute atomic E-state index is 0.145. The van der Waals surface area contributed by atoms with Crippen molar-refractivity contribution in [3.63, 3.8) is 0 Å². The number of hydrogen-bond acceptors (Lipinski definition) is 4. The maximum absolute atomic E-state index is 13.3. The zero-order valence-corrected chi connectivity index (χ0v) is 18.6. The number of pyridine rings is 1. The Balaban J connectivity index is 1.50. The third-order valence-electron chi connectivity index (χ3n) is 6.09. The SMILES string of the molecule is C=CCNC(=O)C1(Cc2cccc(-c3cccs3)c2)CCN(Cc2ccccn2)CC1. The van der Waals surface area contributed by atoms with E-state index in [1.807, 2.05) is 18.3 Å². The highest BCUT2D eigenvalue weighted by molar-refractivity contribution is 7.13. The topological polar surface area (TPSA) is 45.2 Å². The Morgan fingerprint density at radius 3 is 2.74 bits per heavy atom. The molecule has 1 amide bonds. The van der Waals surface area contributed by atoms with Crippen molar-refractivity contribution in [1.29, 1.82) is 0 Å². The average molecular weight is 432 g/mol. The van der Waals surface area contributed by atoms with E-state index in [9.17, 15) is 4.79 Å². The molecule has 1 aromatic carbocycles. The quantitative estimate of drug-likeness (QED) is 0.514. The molecule has 0 radical (unpaired) electrons. The lowest BCUT2D eigenvalue weighted by Gasteiger charge is -2.40. The number of likely N-dealkylation sites (tertiary alicyclic amines) is 1. The second-order valence-electron chi connectivity index (χ2n) is 8.23. The third-order valence-corrected chi connectivity index (χ3v) is 7.01. The standard InChI is InChI=1S/C26H29N3OS/c1-2-13-28-25(30)26(11-15-29(16-12-26)20-23-9-3-4-14-27-23)19-21-7-5-8-22(18-21)24-10-6-17-31-24/h2-10,14,17-18H,1,11-13,15-16,19-20H2,(H,28,30). The van der Waals surface area contributed by atoms with Crippen molar-refractivity contribution in [3.8, 4) is 10.4 Å². The van der Waals surface area contributed by atoms with Crippen LogP contribution in [0.1, 0.15) is 24.1 Å². The highest BCUT2D eigenvalue weighted by Crippen LogP contribution is 2.37. The summed E-state index contributed by atoms with van der Waals surface area (Å²) >= 11 is 1.75. The lowest BCUT2D eigenvalue weighted by atomic mass is 9.72. The highest BCUT2D eigenvalue weighted by atomic mass is 32.1. The summed E-state index contributed by atoms with van der Waals surface area (Å²) in [7, 11) is 0. The van der Waals surface area contributed by atoms with Crippen molar-refractivity contribution >= 4 is 17.2 Å². The van der Waals surface area contributed by atoms with Gasteiger partial charge in [0, 0.05) is 24.2 Å². The molecular weight excluding hydrogens is 402 g/mol. The largest absolute Gasteiger partial charge is 0.352 e. The molecule has 4 rings (SSSR count). The number of aromatic nitrogens is 1. The van der Waals surface area contributed by atoms with Gasteiger partial charge in [0.15, 0.2) is 0 Å². The Hall–Kier alpha value is -2.76. The number of carbonyl (C=O) groups is 1. The number of piperidine rings is 1. The highest BCUT2D eigenvalue weighted by Gasteiger charge is 2.41. The van der Waals surface area contributed by atoms with E-state index in [1.165, 1.54) is 16.0 Å². The van der Waals surface area contributed by atoms with Crippen molar-refractivity contribution < 1.29 is 4.79 Å². The first kappa shape index (κ1) is 21.5. The third kappa shape index (κ3) is 5.30. The van der Waals surface area contributed by atoms with Crippen molar-refractivity contribution in [2.75, 3.05) is 19.6 Å². The summed E-state index contributed by atoms with van der Waals surface area (Å²) in [5.41, 5.74) is 3.13. The van der Waals surface area contributed by atoms with Crippen LogP contribution >= 0.6 is 11.3 Å². The Morgan fingerprint density at radius 2 is 2.03 bits per heavy atom. The summed E-state index contributed by atoms with van der Waals surface area (Å²) in [6, 6.07) is 18.9. The summed E-state index contributed by atoms with van der Waals surface area (Å²) in [5, 5.41) is 5.18. The molecule has 0 aliphatic carbocycles. The second-order valence-corrected chi connectivity index (χ2v) is 9.18. The monoisotopic (exact) mass is 431 g/mol. The second kappa shape index (κ2) is 10.0. The maximum Gasteiger partial charge on any atom is 0.226 e. The van der Waals surface area contributed by atoms with Gasteiger partial charge in [-0.25, -0.2) is 0 Å². The molecule has 31 heavy (non-hydrogen) atoms. The van der Waals surface area contributed by atoms with Gasteiger partial charge in [0.25, 0.3) is 0 Å². The Kier molecular flexibility index (Phi) is 6.95. The first-order valence-electron chi connectivity index (χ1n) is 10.8. The smallest absolute Gasteiger partial charge is 0.226 e. The van der Waals surface area contributed by atoms with Crippen LogP contribution in [0.25, 0.3) is 10.4 Å². The molecule has 0 atom stereocenters. The van der Waals surface area contributed by atoms with E-state index in [-0.39, 0.29) is 5.91 Å². The molecule has 0 saturated carbocycles. The Morgan fingerprint density at radius 1 is 1.16 bits per heavy atom. The predicted molar refractivity (Wildman–Crippen MR) is 128 cm³/mol. The van der Waals surface area contributed by atoms with Crippen LogP contribution in [-0.4, -0.2) is 35.4 Å². The van der Waals surface area contributed by atoms with Gasteiger partial charge in [-0.3, -0.25) is 14.7 Å². The van der Waals surface area contributed by atoms with Gasteiger partial charge >= 0.3 is 0 Å². The fraction of sp³-hybridized carbons (Fsp3) is 0.308. The molecule has 0 spiro atoms. The first-order chi connectivity index (χ1) is 15.2. The summed E-state index contributed by atoms with van der Waals surface area (Å²) in [6.07, 6.45) is 6.02. The van der Waals surface area contributed by atoms with Crippen LogP contribution in [-0.2, 0) is 17.8 Å². The van der Waals surface area contributed by atoms with Crippen LogP contribution in [0.3, 0.4) is 0 Å². The fourth-order valence-corrected chi connectivity index (χ4v) is 5.09. The zero-order chi connectivity index (χ0) is 21.5. The minimum Gasteiger partial charge on any atom is -0.352 e. The number of carbonyl (C=O) groups excluding carboxylic acids is 1. The molecule has 5 heteroatoms. The lowest BCUT2D eigenvalue weighted by molar-refractivity contribution is -0.133. The molecule has 160 valence electrons. The Labute approximate surface area is 188 Å². The van der Waals surface area contributed by atoms with Gasteiger partial charge in [0.2, 0.25) is 5.91 Å². The van der Waals surface area contributed by atoms with Crippen LogP contribution in [0.4, 0.5) is 0 Å². The van der Waals surface area contributed by atoms with Gasteiger partial charge in [0.1, 0.15) is 0 Å². The minimum atomic E-state index is -0.391. The van der Waals surface area contributed by atoms with Crippen molar-refractivity contribution in [3.05, 3.63) is 90.1 Å². The lowest BCUT2D eigenvalue weighted by Crippen LogP contribution is -2.50. The molecule has 1 saturated heterocycles. The summed E-state index contributed by atoms with van der Waals surface area (Å²) in [4.78, 5) is 21.4. The number of amides is 1. The molecule has 3 heterocycles. The van der Waals surface area contributed by atoms with E-state index < -0.39 is 5.41 Å². The number of rotatable bonds is 8.